The van der Waals surface area contributed by atoms with Crippen molar-refractivity contribution in [3.05, 3.63) is 0 Å². The van der Waals surface area contributed by atoms with Gasteiger partial charge in [-0.25, -0.2) is 0 Å². The predicted molar refractivity (Wildman–Crippen MR) is 163 cm³/mol. The number of carbonyl (C=O) groups is 4. The summed E-state index contributed by atoms with van der Waals surface area (Å²) in [7, 11) is 0. The van der Waals surface area contributed by atoms with Crippen LogP contribution in [-0.4, -0.2) is 43.9 Å². The molecule has 0 aromatic carbocycles. The van der Waals surface area contributed by atoms with Gasteiger partial charge in [0.25, 0.3) is 0 Å². The van der Waals surface area contributed by atoms with Crippen LogP contribution in [-0.2, 0) is 31.5 Å². The van der Waals surface area contributed by atoms with Crippen molar-refractivity contribution >= 4 is 43.9 Å². The first-order chi connectivity index (χ1) is 19.5. The van der Waals surface area contributed by atoms with E-state index in [2.05, 4.69) is 55.4 Å². The fourth-order valence-electron chi connectivity index (χ4n) is 4.96. The molecule has 0 atom stereocenters. The van der Waals surface area contributed by atoms with Crippen molar-refractivity contribution in [2.24, 2.45) is 23.7 Å². The van der Waals surface area contributed by atoms with Gasteiger partial charge in [-0.05, 0) is 0 Å². The van der Waals surface area contributed by atoms with Crippen LogP contribution in [0, 0.1) is 23.7 Å². The molecule has 41 heavy (non-hydrogen) atoms. The van der Waals surface area contributed by atoms with Crippen LogP contribution in [0.2, 0.25) is 0 Å². The summed E-state index contributed by atoms with van der Waals surface area (Å²) >= 11 is -5.81. The standard InChI is InChI=1S/4C8H16O2.Sn/c4*1-3-7(4-2)5-6-8(9)10;/h4*7H,3-6H2,1-2H3,(H,9,10);/q;;;;+4/p-4. The van der Waals surface area contributed by atoms with Crippen LogP contribution in [0.15, 0.2) is 0 Å². The molecule has 0 aromatic heterocycles. The molecule has 0 aliphatic rings. The fourth-order valence-corrected chi connectivity index (χ4v) is 10.0. The van der Waals surface area contributed by atoms with E-state index in [1.54, 1.807) is 0 Å². The predicted octanol–water partition coefficient (Wildman–Crippen LogP) is 8.46. The molecule has 0 spiro atoms. The zero-order chi connectivity index (χ0) is 31.3. The van der Waals surface area contributed by atoms with Gasteiger partial charge in [-0.1, -0.05) is 0 Å². The van der Waals surface area contributed by atoms with E-state index in [0.717, 1.165) is 51.4 Å². The van der Waals surface area contributed by atoms with Crippen molar-refractivity contribution in [1.82, 2.24) is 0 Å². The molecular formula is C32H60O8Sn. The first kappa shape index (κ1) is 39.7. The second-order valence-corrected chi connectivity index (χ2v) is 16.5. The maximum atomic E-state index is 13.1. The van der Waals surface area contributed by atoms with Crippen LogP contribution in [0.4, 0.5) is 0 Å². The van der Waals surface area contributed by atoms with E-state index < -0.39 is 43.9 Å². The Labute approximate surface area is 256 Å². The molecule has 0 radical (unpaired) electrons. The second kappa shape index (κ2) is 23.2. The summed E-state index contributed by atoms with van der Waals surface area (Å²) in [4.78, 5) is 52.3. The Bertz CT molecular complexity index is 614. The summed E-state index contributed by atoms with van der Waals surface area (Å²) in [6, 6.07) is 0. The Morgan fingerprint density at radius 1 is 0.390 bits per heavy atom. The number of hydrogen-bond donors (Lipinski definition) is 0. The van der Waals surface area contributed by atoms with Crippen LogP contribution in [0.3, 0.4) is 0 Å². The van der Waals surface area contributed by atoms with Crippen molar-refractivity contribution in [1.29, 1.82) is 0 Å². The van der Waals surface area contributed by atoms with Gasteiger partial charge in [-0.15, -0.1) is 0 Å². The quantitative estimate of drug-likeness (QED) is 0.0929. The van der Waals surface area contributed by atoms with Gasteiger partial charge < -0.3 is 0 Å². The summed E-state index contributed by atoms with van der Waals surface area (Å²) in [5, 5.41) is 0. The summed E-state index contributed by atoms with van der Waals surface area (Å²) in [6.07, 6.45) is 9.92. The molecule has 0 amide bonds. The van der Waals surface area contributed by atoms with Crippen LogP contribution >= 0.6 is 0 Å². The molecule has 8 nitrogen and oxygen atoms in total. The molecule has 0 aliphatic carbocycles. The third kappa shape index (κ3) is 17.4. The minimum absolute atomic E-state index is 0.0624. The van der Waals surface area contributed by atoms with Crippen molar-refractivity contribution < 1.29 is 31.5 Å². The van der Waals surface area contributed by atoms with Gasteiger partial charge in [-0.2, -0.15) is 0 Å². The average Bonchev–Trinajstić information content (AvgIpc) is 2.95. The molecule has 0 saturated heterocycles. The number of rotatable bonds is 24. The van der Waals surface area contributed by atoms with Gasteiger partial charge in [0.2, 0.25) is 0 Å². The third-order valence-corrected chi connectivity index (χ3v) is 14.1. The van der Waals surface area contributed by atoms with E-state index in [-0.39, 0.29) is 25.7 Å². The SMILES string of the molecule is CCC(CC)CCC(=O)[O][Sn]([O]C(=O)CCC(CC)CC)([O]C(=O)CCC(CC)CC)[O]C(=O)CCC(CC)CC. The molecule has 0 saturated carbocycles. The molecule has 240 valence electrons. The Balaban J connectivity index is 6.09. The monoisotopic (exact) mass is 692 g/mol. The molecule has 0 aliphatic heterocycles. The van der Waals surface area contributed by atoms with Crippen LogP contribution in [0.25, 0.3) is 0 Å². The zero-order valence-corrected chi connectivity index (χ0v) is 30.2. The first-order valence-electron chi connectivity index (χ1n) is 16.4. The van der Waals surface area contributed by atoms with Gasteiger partial charge in [0.1, 0.15) is 0 Å². The van der Waals surface area contributed by atoms with E-state index in [9.17, 15) is 19.2 Å². The molecule has 0 aromatic rings. The molecule has 9 heteroatoms. The number of hydrogen-bond acceptors (Lipinski definition) is 8. The molecule has 0 unspecified atom stereocenters. The normalized spacial score (nSPS) is 11.8. The van der Waals surface area contributed by atoms with E-state index in [0.29, 0.717) is 49.4 Å². The zero-order valence-electron chi connectivity index (χ0n) is 27.4. The van der Waals surface area contributed by atoms with Gasteiger partial charge in [0.15, 0.2) is 0 Å². The Morgan fingerprint density at radius 2 is 0.561 bits per heavy atom. The molecule has 0 fully saturated rings. The summed E-state index contributed by atoms with van der Waals surface area (Å²) in [5.74, 6) is -1.33. The maximum absolute atomic E-state index is 13.1. The molecule has 0 heterocycles. The van der Waals surface area contributed by atoms with Crippen molar-refractivity contribution in [3.63, 3.8) is 0 Å². The van der Waals surface area contributed by atoms with E-state index in [1.165, 1.54) is 0 Å². The Morgan fingerprint density at radius 3 is 0.707 bits per heavy atom. The number of carbonyl (C=O) groups excluding carboxylic acids is 4. The van der Waals surface area contributed by atoms with Gasteiger partial charge in [0, 0.05) is 0 Å². The third-order valence-electron chi connectivity index (χ3n) is 8.60. The Hall–Kier alpha value is -1.32. The van der Waals surface area contributed by atoms with E-state index in [1.807, 2.05) is 0 Å². The van der Waals surface area contributed by atoms with Crippen LogP contribution in [0.5, 0.6) is 0 Å². The molecule has 0 N–H and O–H groups in total. The topological polar surface area (TPSA) is 105 Å². The molecular weight excluding hydrogens is 631 g/mol. The Kier molecular flexibility index (Phi) is 22.4. The second-order valence-electron chi connectivity index (χ2n) is 11.3. The first-order valence-corrected chi connectivity index (χ1v) is 21.1. The van der Waals surface area contributed by atoms with Crippen molar-refractivity contribution in [2.75, 3.05) is 0 Å². The molecule has 0 bridgehead atoms. The summed E-state index contributed by atoms with van der Waals surface area (Å²) in [5.41, 5.74) is 0. The van der Waals surface area contributed by atoms with Gasteiger partial charge in [0.05, 0.1) is 0 Å². The van der Waals surface area contributed by atoms with Crippen LogP contribution < -0.4 is 0 Å². The summed E-state index contributed by atoms with van der Waals surface area (Å²) < 4.78 is 22.8. The average molecular weight is 692 g/mol. The van der Waals surface area contributed by atoms with E-state index in [4.69, 9.17) is 12.3 Å². The van der Waals surface area contributed by atoms with E-state index >= 15 is 0 Å². The fraction of sp³-hybridized carbons (Fsp3) is 0.875. The van der Waals surface area contributed by atoms with Crippen molar-refractivity contribution in [3.8, 4) is 0 Å². The van der Waals surface area contributed by atoms with Crippen LogP contribution in [0.1, 0.15) is 158 Å². The van der Waals surface area contributed by atoms with Crippen molar-refractivity contribution in [2.45, 2.75) is 158 Å². The summed E-state index contributed by atoms with van der Waals surface area (Å²) in [6.45, 7) is 16.5. The van der Waals surface area contributed by atoms with Gasteiger partial charge in [-0.3, -0.25) is 0 Å². The molecule has 0 rings (SSSR count). The minimum atomic E-state index is -5.81. The van der Waals surface area contributed by atoms with Gasteiger partial charge >= 0.3 is 257 Å².